The zero-order chi connectivity index (χ0) is 15.2. The van der Waals surface area contributed by atoms with Crippen LogP contribution in [-0.2, 0) is 20.7 Å². The van der Waals surface area contributed by atoms with Crippen molar-refractivity contribution in [3.05, 3.63) is 29.8 Å². The van der Waals surface area contributed by atoms with E-state index in [0.29, 0.717) is 25.2 Å². The van der Waals surface area contributed by atoms with Gasteiger partial charge < -0.3 is 14.6 Å². The van der Waals surface area contributed by atoms with E-state index < -0.39 is 11.6 Å². The van der Waals surface area contributed by atoms with Crippen LogP contribution in [0.1, 0.15) is 32.8 Å². The van der Waals surface area contributed by atoms with Crippen LogP contribution in [0.15, 0.2) is 24.3 Å². The molecule has 0 saturated heterocycles. The zero-order valence-corrected chi connectivity index (χ0v) is 12.0. The molecule has 5 nitrogen and oxygen atoms in total. The number of carbonyl (C=O) groups is 2. The number of carboxylic acid groups (broad SMARTS) is 1. The number of hydrogen-bond donors (Lipinski definition) is 1. The predicted octanol–water partition coefficient (Wildman–Crippen LogP) is 2.42. The predicted molar refractivity (Wildman–Crippen MR) is 73.7 cm³/mol. The molecule has 0 unspecified atom stereocenters. The third-order valence-corrected chi connectivity index (χ3v) is 2.71. The largest absolute Gasteiger partial charge is 0.478 e. The summed E-state index contributed by atoms with van der Waals surface area (Å²) in [6.07, 6.45) is 0.823. The van der Waals surface area contributed by atoms with E-state index in [4.69, 9.17) is 14.6 Å². The van der Waals surface area contributed by atoms with Crippen LogP contribution in [0.25, 0.3) is 0 Å². The Labute approximate surface area is 118 Å². The van der Waals surface area contributed by atoms with Crippen LogP contribution >= 0.6 is 0 Å². The number of esters is 1. The van der Waals surface area contributed by atoms with Gasteiger partial charge in [0.15, 0.2) is 5.60 Å². The first kappa shape index (κ1) is 16.0. The fourth-order valence-electron chi connectivity index (χ4n) is 1.58. The highest BCUT2D eigenvalue weighted by molar-refractivity contribution is 5.76. The molecule has 0 aliphatic heterocycles. The van der Waals surface area contributed by atoms with Crippen molar-refractivity contribution in [2.45, 2.75) is 39.2 Å². The molecule has 0 bridgehead atoms. The van der Waals surface area contributed by atoms with Crippen LogP contribution in [0.5, 0.6) is 5.75 Å². The molecule has 0 saturated carbocycles. The van der Waals surface area contributed by atoms with Gasteiger partial charge in [0.25, 0.3) is 0 Å². The smallest absolute Gasteiger partial charge is 0.347 e. The normalized spacial score (nSPS) is 10.9. The number of benzene rings is 1. The van der Waals surface area contributed by atoms with Crippen molar-refractivity contribution in [2.24, 2.45) is 0 Å². The Morgan fingerprint density at radius 2 is 2.00 bits per heavy atom. The van der Waals surface area contributed by atoms with Gasteiger partial charge in [-0.1, -0.05) is 12.1 Å². The van der Waals surface area contributed by atoms with Crippen molar-refractivity contribution in [3.63, 3.8) is 0 Å². The lowest BCUT2D eigenvalue weighted by molar-refractivity contribution is -0.152. The van der Waals surface area contributed by atoms with E-state index in [9.17, 15) is 9.59 Å². The summed E-state index contributed by atoms with van der Waals surface area (Å²) in [5.41, 5.74) is -0.392. The lowest BCUT2D eigenvalue weighted by atomic mass is 10.1. The summed E-state index contributed by atoms with van der Waals surface area (Å²) in [5, 5.41) is 9.02. The first-order valence-electron chi connectivity index (χ1n) is 6.52. The average molecular weight is 280 g/mol. The Morgan fingerprint density at radius 3 is 2.60 bits per heavy atom. The Hall–Kier alpha value is -2.04. The van der Waals surface area contributed by atoms with Gasteiger partial charge in [-0.25, -0.2) is 4.79 Å². The molecule has 0 atom stereocenters. The summed E-state index contributed by atoms with van der Waals surface area (Å²) in [6, 6.07) is 7.07. The standard InChI is InChI=1S/C15H20O5/c1-4-19-13(16)9-8-11-6-5-7-12(10-11)20-15(2,3)14(17)18/h5-7,10H,4,8-9H2,1-3H3,(H,17,18). The lowest BCUT2D eigenvalue weighted by Crippen LogP contribution is -2.37. The molecule has 5 heteroatoms. The van der Waals surface area contributed by atoms with Gasteiger partial charge in [0.05, 0.1) is 6.61 Å². The van der Waals surface area contributed by atoms with E-state index in [2.05, 4.69) is 0 Å². The fourth-order valence-corrected chi connectivity index (χ4v) is 1.58. The van der Waals surface area contributed by atoms with Crippen LogP contribution in [0, 0.1) is 0 Å². The molecule has 20 heavy (non-hydrogen) atoms. The Kier molecular flexibility index (Phi) is 5.55. The molecule has 110 valence electrons. The SMILES string of the molecule is CCOC(=O)CCc1cccc(OC(C)(C)C(=O)O)c1. The van der Waals surface area contributed by atoms with Gasteiger partial charge in [-0.2, -0.15) is 0 Å². The highest BCUT2D eigenvalue weighted by Gasteiger charge is 2.29. The van der Waals surface area contributed by atoms with E-state index >= 15 is 0 Å². The second-order valence-electron chi connectivity index (χ2n) is 4.87. The summed E-state index contributed by atoms with van der Waals surface area (Å²) in [4.78, 5) is 22.3. The molecule has 0 radical (unpaired) electrons. The maximum atomic E-state index is 11.3. The number of carboxylic acids is 1. The molecule has 0 aliphatic carbocycles. The van der Waals surface area contributed by atoms with Crippen LogP contribution in [0.4, 0.5) is 0 Å². The molecule has 1 N–H and O–H groups in total. The molecular formula is C15H20O5. The maximum Gasteiger partial charge on any atom is 0.347 e. The summed E-state index contributed by atoms with van der Waals surface area (Å²) in [7, 11) is 0. The van der Waals surface area contributed by atoms with Crippen molar-refractivity contribution in [1.29, 1.82) is 0 Å². The monoisotopic (exact) mass is 280 g/mol. The Bertz CT molecular complexity index is 479. The van der Waals surface area contributed by atoms with Crippen LogP contribution in [0.2, 0.25) is 0 Å². The van der Waals surface area contributed by atoms with E-state index in [1.807, 2.05) is 6.07 Å². The molecule has 1 rings (SSSR count). The van der Waals surface area contributed by atoms with Crippen LogP contribution in [0.3, 0.4) is 0 Å². The highest BCUT2D eigenvalue weighted by atomic mass is 16.5. The Morgan fingerprint density at radius 1 is 1.30 bits per heavy atom. The first-order valence-corrected chi connectivity index (χ1v) is 6.52. The average Bonchev–Trinajstić information content (AvgIpc) is 2.36. The second-order valence-corrected chi connectivity index (χ2v) is 4.87. The molecule has 0 spiro atoms. The maximum absolute atomic E-state index is 11.3. The minimum Gasteiger partial charge on any atom is -0.478 e. The van der Waals surface area contributed by atoms with Gasteiger partial charge in [0.2, 0.25) is 0 Å². The third-order valence-electron chi connectivity index (χ3n) is 2.71. The fraction of sp³-hybridized carbons (Fsp3) is 0.467. The Balaban J connectivity index is 2.66. The highest BCUT2D eigenvalue weighted by Crippen LogP contribution is 2.20. The molecule has 0 fully saturated rings. The van der Waals surface area contributed by atoms with E-state index in [1.165, 1.54) is 13.8 Å². The number of ether oxygens (including phenoxy) is 2. The molecule has 1 aromatic rings. The summed E-state index contributed by atoms with van der Waals surface area (Å²) in [5.74, 6) is -0.808. The molecular weight excluding hydrogens is 260 g/mol. The number of aryl methyl sites for hydroxylation is 1. The van der Waals surface area contributed by atoms with Crippen molar-refractivity contribution >= 4 is 11.9 Å². The van der Waals surface area contributed by atoms with Gasteiger partial charge in [-0.3, -0.25) is 4.79 Å². The van der Waals surface area contributed by atoms with Gasteiger partial charge >= 0.3 is 11.9 Å². The van der Waals surface area contributed by atoms with Crippen molar-refractivity contribution in [2.75, 3.05) is 6.61 Å². The molecule has 0 aromatic heterocycles. The molecule has 0 amide bonds. The number of hydrogen-bond acceptors (Lipinski definition) is 4. The van der Waals surface area contributed by atoms with Gasteiger partial charge in [-0.05, 0) is 44.9 Å². The molecule has 0 heterocycles. The molecule has 0 aliphatic rings. The third kappa shape index (κ3) is 4.91. The molecule has 1 aromatic carbocycles. The van der Waals surface area contributed by atoms with E-state index in [1.54, 1.807) is 25.1 Å². The van der Waals surface area contributed by atoms with E-state index in [0.717, 1.165) is 5.56 Å². The first-order chi connectivity index (χ1) is 9.35. The summed E-state index contributed by atoms with van der Waals surface area (Å²) >= 11 is 0. The summed E-state index contributed by atoms with van der Waals surface area (Å²) in [6.45, 7) is 5.11. The summed E-state index contributed by atoms with van der Waals surface area (Å²) < 4.78 is 10.3. The lowest BCUT2D eigenvalue weighted by Gasteiger charge is -2.21. The zero-order valence-electron chi connectivity index (χ0n) is 12.0. The van der Waals surface area contributed by atoms with Crippen molar-refractivity contribution in [3.8, 4) is 5.75 Å². The van der Waals surface area contributed by atoms with E-state index in [-0.39, 0.29) is 5.97 Å². The van der Waals surface area contributed by atoms with Crippen molar-refractivity contribution < 1.29 is 24.2 Å². The van der Waals surface area contributed by atoms with Gasteiger partial charge in [-0.15, -0.1) is 0 Å². The van der Waals surface area contributed by atoms with Crippen molar-refractivity contribution in [1.82, 2.24) is 0 Å². The number of carbonyl (C=O) groups excluding carboxylic acids is 1. The minimum absolute atomic E-state index is 0.246. The van der Waals surface area contributed by atoms with Crippen LogP contribution < -0.4 is 4.74 Å². The van der Waals surface area contributed by atoms with Gasteiger partial charge in [0.1, 0.15) is 5.75 Å². The second kappa shape index (κ2) is 6.93. The number of rotatable bonds is 7. The quantitative estimate of drug-likeness (QED) is 0.776. The number of aliphatic carboxylic acids is 1. The van der Waals surface area contributed by atoms with Gasteiger partial charge in [0, 0.05) is 6.42 Å². The van der Waals surface area contributed by atoms with Crippen LogP contribution in [-0.4, -0.2) is 29.3 Å². The topological polar surface area (TPSA) is 72.8 Å². The minimum atomic E-state index is -1.29.